The van der Waals surface area contributed by atoms with Crippen LogP contribution >= 0.6 is 47.0 Å². The Kier molecular flexibility index (Phi) is 6.94. The molecule has 1 rings (SSSR count). The van der Waals surface area contributed by atoms with Crippen LogP contribution < -0.4 is 0 Å². The topological polar surface area (TPSA) is 0 Å². The lowest BCUT2D eigenvalue weighted by Gasteiger charge is -1.86. The Morgan fingerprint density at radius 3 is 0.667 bits per heavy atom. The molecule has 0 aromatic rings. The van der Waals surface area contributed by atoms with Crippen molar-refractivity contribution >= 4 is 47.0 Å². The van der Waals surface area contributed by atoms with Crippen molar-refractivity contribution < 1.29 is 0 Å². The maximum Gasteiger partial charge on any atom is -0.0181 e. The summed E-state index contributed by atoms with van der Waals surface area (Å²) in [5, 5.41) is 16.6. The summed E-state index contributed by atoms with van der Waals surface area (Å²) in [5.74, 6) is 0. The maximum absolute atomic E-state index is 2.07. The zero-order valence-corrected chi connectivity index (χ0v) is 9.52. The Labute approximate surface area is 90.0 Å². The standard InChI is InChI=1S/C8H8S4/c1-2-10-5-6-12-8-7-11-4-3-9-1/h1-8H/b2-1-,4-3-,6-5-,8-7-. The van der Waals surface area contributed by atoms with Crippen LogP contribution in [0.25, 0.3) is 0 Å². The van der Waals surface area contributed by atoms with Gasteiger partial charge in [-0.25, -0.2) is 0 Å². The van der Waals surface area contributed by atoms with Crippen molar-refractivity contribution in [2.45, 2.75) is 0 Å². The highest BCUT2D eigenvalue weighted by atomic mass is 32.2. The third kappa shape index (κ3) is 5.94. The molecule has 0 aromatic heterocycles. The van der Waals surface area contributed by atoms with E-state index in [4.69, 9.17) is 0 Å². The van der Waals surface area contributed by atoms with Gasteiger partial charge < -0.3 is 0 Å². The van der Waals surface area contributed by atoms with Crippen LogP contribution in [0.15, 0.2) is 43.3 Å². The van der Waals surface area contributed by atoms with Crippen molar-refractivity contribution in [3.05, 3.63) is 43.3 Å². The molecule has 4 heteroatoms. The van der Waals surface area contributed by atoms with E-state index in [0.29, 0.717) is 0 Å². The van der Waals surface area contributed by atoms with Crippen LogP contribution in [0.4, 0.5) is 0 Å². The summed E-state index contributed by atoms with van der Waals surface area (Å²) in [6.45, 7) is 0. The summed E-state index contributed by atoms with van der Waals surface area (Å²) >= 11 is 6.76. The van der Waals surface area contributed by atoms with E-state index < -0.39 is 0 Å². The zero-order valence-electron chi connectivity index (χ0n) is 6.25. The molecular formula is C8H8S4. The van der Waals surface area contributed by atoms with Gasteiger partial charge >= 0.3 is 0 Å². The highest BCUT2D eigenvalue weighted by molar-refractivity contribution is 8.11. The third-order valence-electron chi connectivity index (χ3n) is 0.851. The summed E-state index contributed by atoms with van der Waals surface area (Å²) in [4.78, 5) is 0. The normalized spacial score (nSPS) is 29.3. The Morgan fingerprint density at radius 2 is 0.500 bits per heavy atom. The average Bonchev–Trinajstić information content (AvgIpc) is 2.05. The van der Waals surface area contributed by atoms with E-state index in [1.807, 2.05) is 0 Å². The van der Waals surface area contributed by atoms with Crippen LogP contribution in [0.3, 0.4) is 0 Å². The smallest absolute Gasteiger partial charge is 0.0181 e. The maximum atomic E-state index is 2.07. The molecule has 1 aliphatic heterocycles. The zero-order chi connectivity index (χ0) is 8.49. The Balaban J connectivity index is 2.40. The van der Waals surface area contributed by atoms with Crippen molar-refractivity contribution in [3.8, 4) is 0 Å². The van der Waals surface area contributed by atoms with Crippen LogP contribution in [0.1, 0.15) is 0 Å². The van der Waals surface area contributed by atoms with E-state index in [0.717, 1.165) is 0 Å². The number of hydrogen-bond acceptors (Lipinski definition) is 4. The monoisotopic (exact) mass is 232 g/mol. The number of thioether (sulfide) groups is 4. The Morgan fingerprint density at radius 1 is 0.333 bits per heavy atom. The molecule has 0 bridgehead atoms. The number of hydrogen-bond donors (Lipinski definition) is 0. The van der Waals surface area contributed by atoms with Gasteiger partial charge in [-0.1, -0.05) is 0 Å². The molecular weight excluding hydrogens is 224 g/mol. The average molecular weight is 232 g/mol. The first-order valence-corrected chi connectivity index (χ1v) is 6.99. The molecule has 0 saturated heterocycles. The second kappa shape index (κ2) is 7.98. The van der Waals surface area contributed by atoms with Crippen molar-refractivity contribution in [1.29, 1.82) is 0 Å². The molecule has 12 heavy (non-hydrogen) atoms. The SMILES string of the molecule is C1=C\S/C=C\S/C=C\S/C=C\S/1. The van der Waals surface area contributed by atoms with Crippen molar-refractivity contribution in [2.75, 3.05) is 0 Å². The van der Waals surface area contributed by atoms with Crippen LogP contribution in [-0.2, 0) is 0 Å². The highest BCUT2D eigenvalue weighted by Crippen LogP contribution is 2.18. The van der Waals surface area contributed by atoms with E-state index in [2.05, 4.69) is 43.3 Å². The fraction of sp³-hybridized carbons (Fsp3) is 0. The lowest BCUT2D eigenvalue weighted by atomic mass is 11.2. The lowest BCUT2D eigenvalue weighted by molar-refractivity contribution is 2.42. The van der Waals surface area contributed by atoms with Crippen LogP contribution in [-0.4, -0.2) is 0 Å². The van der Waals surface area contributed by atoms with E-state index in [9.17, 15) is 0 Å². The van der Waals surface area contributed by atoms with E-state index in [1.54, 1.807) is 47.0 Å². The highest BCUT2D eigenvalue weighted by Gasteiger charge is 1.77. The van der Waals surface area contributed by atoms with Crippen LogP contribution in [0.2, 0.25) is 0 Å². The number of rotatable bonds is 0. The van der Waals surface area contributed by atoms with Gasteiger partial charge in [-0.3, -0.25) is 0 Å². The summed E-state index contributed by atoms with van der Waals surface area (Å²) in [6.07, 6.45) is 0. The molecule has 0 aromatic carbocycles. The fourth-order valence-corrected chi connectivity index (χ4v) is 2.85. The van der Waals surface area contributed by atoms with Gasteiger partial charge in [0.15, 0.2) is 0 Å². The Hall–Kier alpha value is 0.360. The molecule has 1 aliphatic rings. The third-order valence-corrected chi connectivity index (χ3v) is 3.89. The first kappa shape index (κ1) is 10.4. The molecule has 1 heterocycles. The summed E-state index contributed by atoms with van der Waals surface area (Å²) in [7, 11) is 0. The predicted molar refractivity (Wildman–Crippen MR) is 66.9 cm³/mol. The second-order valence-electron chi connectivity index (χ2n) is 1.63. The van der Waals surface area contributed by atoms with Gasteiger partial charge in [0.25, 0.3) is 0 Å². The van der Waals surface area contributed by atoms with Gasteiger partial charge in [0, 0.05) is 0 Å². The first-order valence-electron chi connectivity index (χ1n) is 3.22. The summed E-state index contributed by atoms with van der Waals surface area (Å²) < 4.78 is 0. The van der Waals surface area contributed by atoms with Crippen LogP contribution in [0, 0.1) is 0 Å². The molecule has 0 aliphatic carbocycles. The van der Waals surface area contributed by atoms with Crippen molar-refractivity contribution in [1.82, 2.24) is 0 Å². The van der Waals surface area contributed by atoms with Crippen LogP contribution in [0.5, 0.6) is 0 Å². The van der Waals surface area contributed by atoms with E-state index in [1.165, 1.54) is 0 Å². The Bertz CT molecular complexity index is 151. The van der Waals surface area contributed by atoms with Gasteiger partial charge in [0.05, 0.1) is 0 Å². The van der Waals surface area contributed by atoms with Gasteiger partial charge in [-0.05, 0) is 43.3 Å². The van der Waals surface area contributed by atoms with Gasteiger partial charge in [-0.2, -0.15) is 0 Å². The first-order chi connectivity index (χ1) is 6.00. The molecule has 0 atom stereocenters. The van der Waals surface area contributed by atoms with Crippen molar-refractivity contribution in [3.63, 3.8) is 0 Å². The minimum Gasteiger partial charge on any atom is -0.105 e. The van der Waals surface area contributed by atoms with Gasteiger partial charge in [0.2, 0.25) is 0 Å². The van der Waals surface area contributed by atoms with Crippen molar-refractivity contribution in [2.24, 2.45) is 0 Å². The summed E-state index contributed by atoms with van der Waals surface area (Å²) in [5.41, 5.74) is 0. The minimum atomic E-state index is 1.69. The molecule has 0 radical (unpaired) electrons. The fourth-order valence-electron chi connectivity index (χ4n) is 0.438. The molecule has 0 nitrogen and oxygen atoms in total. The molecule has 64 valence electrons. The lowest BCUT2D eigenvalue weighted by Crippen LogP contribution is -1.49. The summed E-state index contributed by atoms with van der Waals surface area (Å²) in [6, 6.07) is 0. The van der Waals surface area contributed by atoms with Gasteiger partial charge in [0.1, 0.15) is 0 Å². The predicted octanol–water partition coefficient (Wildman–Crippen LogP) is 4.82. The molecule has 0 amide bonds. The van der Waals surface area contributed by atoms with E-state index in [-0.39, 0.29) is 0 Å². The van der Waals surface area contributed by atoms with E-state index >= 15 is 0 Å². The molecule has 0 saturated carbocycles. The quantitative estimate of drug-likeness (QED) is 0.587. The molecule has 0 spiro atoms. The van der Waals surface area contributed by atoms with Gasteiger partial charge in [-0.15, -0.1) is 47.0 Å². The second-order valence-corrected chi connectivity index (χ2v) is 4.90. The molecule has 0 N–H and O–H groups in total. The minimum absolute atomic E-state index is 1.69. The molecule has 0 fully saturated rings. The largest absolute Gasteiger partial charge is 0.105 e. The molecule has 0 unspecified atom stereocenters.